The third kappa shape index (κ3) is 4.80. The fourth-order valence-corrected chi connectivity index (χ4v) is 4.71. The smallest absolute Gasteiger partial charge is 0.264 e. The molecule has 1 aliphatic rings. The van der Waals surface area contributed by atoms with Crippen molar-refractivity contribution < 1.29 is 22.7 Å². The largest absolute Gasteiger partial charge is 0.497 e. The molecule has 0 aliphatic carbocycles. The summed E-state index contributed by atoms with van der Waals surface area (Å²) < 4.78 is 32.4. The molecule has 0 spiro atoms. The van der Waals surface area contributed by atoms with Crippen LogP contribution in [0.25, 0.3) is 0 Å². The van der Waals surface area contributed by atoms with Gasteiger partial charge in [-0.2, -0.15) is 0 Å². The number of nitrogens with one attached hydrogen (secondary N) is 1. The summed E-state index contributed by atoms with van der Waals surface area (Å²) in [6.07, 6.45) is 0.546. The van der Waals surface area contributed by atoms with Gasteiger partial charge in [-0.3, -0.25) is 9.59 Å². The zero-order valence-electron chi connectivity index (χ0n) is 19.1. The topological polar surface area (TPSA) is 92.8 Å². The molecule has 2 amide bonds. The number of amides is 2. The molecule has 0 bridgehead atoms. The van der Waals surface area contributed by atoms with Crippen molar-refractivity contribution in [2.24, 2.45) is 0 Å². The third-order valence-corrected chi connectivity index (χ3v) is 7.33. The molecule has 2 aromatic carbocycles. The molecule has 8 heteroatoms. The average molecular weight is 459 g/mol. The molecule has 1 aliphatic heterocycles. The SMILES string of the molecule is COc1ccc(S(=O)(=O)NC(=O)C2(C)CCN2C(=O)Cc2ccc(C(C)(C)C)cc2)cc1. The molecule has 7 nitrogen and oxygen atoms in total. The molecular weight excluding hydrogens is 428 g/mol. The van der Waals surface area contributed by atoms with Gasteiger partial charge in [0.1, 0.15) is 11.3 Å². The number of nitrogens with zero attached hydrogens (tertiary/aromatic N) is 1. The molecule has 1 fully saturated rings. The fraction of sp³-hybridized carbons (Fsp3) is 0.417. The molecule has 3 rings (SSSR count). The van der Waals surface area contributed by atoms with E-state index < -0.39 is 21.5 Å². The number of rotatable bonds is 6. The number of likely N-dealkylation sites (tertiary alicyclic amines) is 1. The highest BCUT2D eigenvalue weighted by atomic mass is 32.2. The Morgan fingerprint density at radius 1 is 1.06 bits per heavy atom. The van der Waals surface area contributed by atoms with E-state index in [1.165, 1.54) is 41.8 Å². The Kier molecular flexibility index (Phi) is 6.38. The molecule has 0 radical (unpaired) electrons. The lowest BCUT2D eigenvalue weighted by molar-refractivity contribution is -0.156. The van der Waals surface area contributed by atoms with Gasteiger partial charge in [0.25, 0.3) is 15.9 Å². The molecule has 1 atom stereocenters. The van der Waals surface area contributed by atoms with Crippen LogP contribution in [0, 0.1) is 0 Å². The number of methoxy groups -OCH3 is 1. The zero-order valence-corrected chi connectivity index (χ0v) is 20.0. The standard InChI is InChI=1S/C24H30N2O5S/c1-23(2,3)18-8-6-17(7-9-18)16-21(27)26-15-14-24(26,4)22(28)25-32(29,30)20-12-10-19(31-5)11-13-20/h6-13H,14-16H2,1-5H3,(H,25,28). The van der Waals surface area contributed by atoms with Crippen LogP contribution in [-0.2, 0) is 31.4 Å². The number of ether oxygens (including phenoxy) is 1. The van der Waals surface area contributed by atoms with Gasteiger partial charge in [-0.15, -0.1) is 0 Å². The highest BCUT2D eigenvalue weighted by molar-refractivity contribution is 7.90. The van der Waals surface area contributed by atoms with Gasteiger partial charge in [0.15, 0.2) is 0 Å². The minimum atomic E-state index is -4.06. The average Bonchev–Trinajstić information content (AvgIpc) is 2.71. The van der Waals surface area contributed by atoms with Gasteiger partial charge < -0.3 is 9.64 Å². The lowest BCUT2D eigenvalue weighted by atomic mass is 9.84. The highest BCUT2D eigenvalue weighted by Crippen LogP contribution is 2.32. The second-order valence-electron chi connectivity index (χ2n) is 9.30. The summed E-state index contributed by atoms with van der Waals surface area (Å²) in [7, 11) is -2.58. The Bertz CT molecular complexity index is 1100. The molecule has 1 unspecified atom stereocenters. The molecule has 32 heavy (non-hydrogen) atoms. The number of carbonyl (C=O) groups is 2. The summed E-state index contributed by atoms with van der Waals surface area (Å²) in [5.74, 6) is -0.413. The van der Waals surface area contributed by atoms with Crippen LogP contribution >= 0.6 is 0 Å². The third-order valence-electron chi connectivity index (χ3n) is 5.98. The number of hydrogen-bond donors (Lipinski definition) is 1. The van der Waals surface area contributed by atoms with Gasteiger partial charge in [-0.25, -0.2) is 13.1 Å². The number of sulfonamides is 1. The first-order chi connectivity index (χ1) is 14.9. The van der Waals surface area contributed by atoms with Crippen molar-refractivity contribution in [3.8, 4) is 5.75 Å². The molecular formula is C24H30N2O5S. The monoisotopic (exact) mass is 458 g/mol. The minimum Gasteiger partial charge on any atom is -0.497 e. The van der Waals surface area contributed by atoms with Crippen molar-refractivity contribution in [1.82, 2.24) is 9.62 Å². The molecule has 172 valence electrons. The van der Waals surface area contributed by atoms with Gasteiger partial charge in [-0.05, 0) is 54.2 Å². The molecule has 1 saturated heterocycles. The van der Waals surface area contributed by atoms with E-state index in [0.29, 0.717) is 18.7 Å². The van der Waals surface area contributed by atoms with Crippen LogP contribution in [0.5, 0.6) is 5.75 Å². The van der Waals surface area contributed by atoms with Crippen molar-refractivity contribution in [3.63, 3.8) is 0 Å². The van der Waals surface area contributed by atoms with Crippen molar-refractivity contribution >= 4 is 21.8 Å². The summed E-state index contributed by atoms with van der Waals surface area (Å²) in [4.78, 5) is 27.2. The van der Waals surface area contributed by atoms with Crippen LogP contribution in [0.2, 0.25) is 0 Å². The summed E-state index contributed by atoms with van der Waals surface area (Å²) in [6.45, 7) is 8.37. The first kappa shape index (κ1) is 23.8. The van der Waals surface area contributed by atoms with Gasteiger partial charge in [-0.1, -0.05) is 45.0 Å². The lowest BCUT2D eigenvalue weighted by Crippen LogP contribution is -2.68. The van der Waals surface area contributed by atoms with Crippen LogP contribution < -0.4 is 9.46 Å². The van der Waals surface area contributed by atoms with Crippen LogP contribution in [0.3, 0.4) is 0 Å². The van der Waals surface area contributed by atoms with E-state index in [-0.39, 0.29) is 22.6 Å². The van der Waals surface area contributed by atoms with Crippen LogP contribution in [-0.4, -0.2) is 44.3 Å². The quantitative estimate of drug-likeness (QED) is 0.718. The maximum Gasteiger partial charge on any atom is 0.264 e. The Balaban J connectivity index is 1.68. The van der Waals surface area contributed by atoms with E-state index in [0.717, 1.165) is 5.56 Å². The van der Waals surface area contributed by atoms with E-state index in [1.54, 1.807) is 6.92 Å². The van der Waals surface area contributed by atoms with Gasteiger partial charge >= 0.3 is 0 Å². The maximum atomic E-state index is 12.9. The maximum absolute atomic E-state index is 12.9. The first-order valence-corrected chi connectivity index (χ1v) is 12.0. The van der Waals surface area contributed by atoms with E-state index in [2.05, 4.69) is 25.5 Å². The van der Waals surface area contributed by atoms with Crippen LogP contribution in [0.4, 0.5) is 0 Å². The first-order valence-electron chi connectivity index (χ1n) is 10.5. The van der Waals surface area contributed by atoms with Crippen LogP contribution in [0.1, 0.15) is 45.2 Å². The molecule has 2 aromatic rings. The number of hydrogen-bond acceptors (Lipinski definition) is 5. The molecule has 1 heterocycles. The predicted octanol–water partition coefficient (Wildman–Crippen LogP) is 3.03. The Labute approximate surface area is 189 Å². The van der Waals surface area contributed by atoms with E-state index >= 15 is 0 Å². The summed E-state index contributed by atoms with van der Waals surface area (Å²) in [6, 6.07) is 13.6. The predicted molar refractivity (Wildman–Crippen MR) is 122 cm³/mol. The second-order valence-corrected chi connectivity index (χ2v) is 11.0. The van der Waals surface area contributed by atoms with Crippen LogP contribution in [0.15, 0.2) is 53.4 Å². The highest BCUT2D eigenvalue weighted by Gasteiger charge is 2.50. The Hall–Kier alpha value is -2.87. The van der Waals surface area contributed by atoms with E-state index in [9.17, 15) is 18.0 Å². The van der Waals surface area contributed by atoms with Gasteiger partial charge in [0.05, 0.1) is 18.4 Å². The second kappa shape index (κ2) is 8.58. The Morgan fingerprint density at radius 2 is 1.66 bits per heavy atom. The molecule has 1 N–H and O–H groups in total. The summed E-state index contributed by atoms with van der Waals surface area (Å²) in [5.41, 5.74) is 0.836. The minimum absolute atomic E-state index is 0.0199. The molecule has 0 aromatic heterocycles. The van der Waals surface area contributed by atoms with Crippen molar-refractivity contribution in [2.45, 2.75) is 56.4 Å². The zero-order chi connectivity index (χ0) is 23.7. The Morgan fingerprint density at radius 3 is 2.12 bits per heavy atom. The van der Waals surface area contributed by atoms with E-state index in [1.807, 2.05) is 24.3 Å². The van der Waals surface area contributed by atoms with E-state index in [4.69, 9.17) is 4.74 Å². The van der Waals surface area contributed by atoms with Crippen molar-refractivity contribution in [1.29, 1.82) is 0 Å². The van der Waals surface area contributed by atoms with Gasteiger partial charge in [0, 0.05) is 6.54 Å². The lowest BCUT2D eigenvalue weighted by Gasteiger charge is -2.49. The van der Waals surface area contributed by atoms with Crippen molar-refractivity contribution in [3.05, 3.63) is 59.7 Å². The number of carbonyl (C=O) groups excluding carboxylic acids is 2. The van der Waals surface area contributed by atoms with Gasteiger partial charge in [0.2, 0.25) is 5.91 Å². The summed E-state index contributed by atoms with van der Waals surface area (Å²) >= 11 is 0. The summed E-state index contributed by atoms with van der Waals surface area (Å²) in [5, 5.41) is 0. The van der Waals surface area contributed by atoms with Crippen molar-refractivity contribution in [2.75, 3.05) is 13.7 Å². The fourth-order valence-electron chi connectivity index (χ4n) is 3.63. The molecule has 0 saturated carbocycles. The number of benzene rings is 2. The normalized spacial score (nSPS) is 18.6.